The van der Waals surface area contributed by atoms with Crippen LogP contribution >= 0.6 is 11.8 Å². The highest BCUT2D eigenvalue weighted by Crippen LogP contribution is 2.09. The molecular weight excluding hydrogens is 444 g/mol. The van der Waals surface area contributed by atoms with E-state index in [1.54, 1.807) is 0 Å². The van der Waals surface area contributed by atoms with Crippen LogP contribution in [-0.4, -0.2) is 65.0 Å². The first kappa shape index (κ1) is 28.4. The molecule has 0 bridgehead atoms. The maximum atomic E-state index is 13.0. The summed E-state index contributed by atoms with van der Waals surface area (Å²) >= 11 is 1.52. The summed E-state index contributed by atoms with van der Waals surface area (Å²) in [5.74, 6) is -2.06. The van der Waals surface area contributed by atoms with Crippen molar-refractivity contribution < 1.29 is 24.3 Å². The van der Waals surface area contributed by atoms with Crippen molar-refractivity contribution in [3.63, 3.8) is 0 Å². The van der Waals surface area contributed by atoms with E-state index in [4.69, 9.17) is 5.73 Å². The number of carboxylic acids is 1. The third-order valence-electron chi connectivity index (χ3n) is 4.89. The fourth-order valence-electron chi connectivity index (χ4n) is 3.10. The van der Waals surface area contributed by atoms with Crippen LogP contribution in [-0.2, 0) is 25.6 Å². The molecule has 3 amide bonds. The zero-order valence-electron chi connectivity index (χ0n) is 19.7. The van der Waals surface area contributed by atoms with Gasteiger partial charge < -0.3 is 26.8 Å². The fraction of sp³-hybridized carbons (Fsp3) is 0.565. The number of hydrogen-bond donors (Lipinski definition) is 5. The number of carboxylic acid groups (broad SMARTS) is 1. The second-order valence-electron chi connectivity index (χ2n) is 8.41. The summed E-state index contributed by atoms with van der Waals surface area (Å²) < 4.78 is 0. The van der Waals surface area contributed by atoms with Crippen molar-refractivity contribution >= 4 is 35.5 Å². The quantitative estimate of drug-likeness (QED) is 0.266. The predicted molar refractivity (Wildman–Crippen MR) is 130 cm³/mol. The number of thioether (sulfide) groups is 1. The van der Waals surface area contributed by atoms with Crippen LogP contribution in [0.5, 0.6) is 0 Å². The molecule has 1 rings (SSSR count). The van der Waals surface area contributed by atoms with Crippen LogP contribution < -0.4 is 21.7 Å². The van der Waals surface area contributed by atoms with Gasteiger partial charge in [-0.2, -0.15) is 11.8 Å². The molecular formula is C23H36N4O5S. The van der Waals surface area contributed by atoms with Gasteiger partial charge in [-0.05, 0) is 43.3 Å². The van der Waals surface area contributed by atoms with E-state index in [-0.39, 0.29) is 18.8 Å². The minimum atomic E-state index is -1.14. The van der Waals surface area contributed by atoms with E-state index < -0.39 is 47.9 Å². The summed E-state index contributed by atoms with van der Waals surface area (Å²) in [4.78, 5) is 49.8. The summed E-state index contributed by atoms with van der Waals surface area (Å²) in [6.07, 6.45) is 2.67. The Morgan fingerprint density at radius 2 is 1.45 bits per heavy atom. The van der Waals surface area contributed by atoms with E-state index in [0.29, 0.717) is 12.2 Å². The van der Waals surface area contributed by atoms with Crippen molar-refractivity contribution in [3.8, 4) is 0 Å². The van der Waals surface area contributed by atoms with E-state index in [1.807, 2.05) is 50.4 Å². The van der Waals surface area contributed by atoms with Gasteiger partial charge in [0.2, 0.25) is 17.7 Å². The smallest absolute Gasteiger partial charge is 0.326 e. The summed E-state index contributed by atoms with van der Waals surface area (Å²) in [6.45, 7) is 5.25. The maximum Gasteiger partial charge on any atom is 0.326 e. The second kappa shape index (κ2) is 14.5. The van der Waals surface area contributed by atoms with Crippen molar-refractivity contribution in [2.45, 2.75) is 64.2 Å². The normalized spacial score (nSPS) is 14.6. The molecule has 1 aromatic rings. The topological polar surface area (TPSA) is 151 Å². The number of rotatable bonds is 14. The third-order valence-corrected chi connectivity index (χ3v) is 5.54. The standard InChI is InChI=1S/C23H36N4O5S/c1-14(2)12-19(23(31)32)27-22(30)18(13-16-8-6-5-7-9-16)26-21(29)17(10-11-33-4)25-20(28)15(3)24/h5-9,14-15,17-19H,10-13,24H2,1-4H3,(H,25,28)(H,26,29)(H,27,30)(H,31,32). The van der Waals surface area contributed by atoms with Gasteiger partial charge in [-0.15, -0.1) is 0 Å². The molecule has 33 heavy (non-hydrogen) atoms. The van der Waals surface area contributed by atoms with Crippen LogP contribution in [0.3, 0.4) is 0 Å². The van der Waals surface area contributed by atoms with Crippen LogP contribution in [0.2, 0.25) is 0 Å². The van der Waals surface area contributed by atoms with Gasteiger partial charge in [0, 0.05) is 6.42 Å². The van der Waals surface area contributed by atoms with Crippen molar-refractivity contribution in [1.82, 2.24) is 16.0 Å². The van der Waals surface area contributed by atoms with Crippen LogP contribution in [0.4, 0.5) is 0 Å². The summed E-state index contributed by atoms with van der Waals surface area (Å²) in [5.41, 5.74) is 6.42. The van der Waals surface area contributed by atoms with Gasteiger partial charge >= 0.3 is 5.97 Å². The molecule has 10 heteroatoms. The van der Waals surface area contributed by atoms with Gasteiger partial charge in [-0.1, -0.05) is 44.2 Å². The number of amides is 3. The Labute approximate surface area is 199 Å². The number of nitrogens with one attached hydrogen (secondary N) is 3. The molecule has 0 aliphatic heterocycles. The molecule has 0 radical (unpaired) electrons. The Morgan fingerprint density at radius 1 is 0.909 bits per heavy atom. The van der Waals surface area contributed by atoms with E-state index in [1.165, 1.54) is 18.7 Å². The van der Waals surface area contributed by atoms with Crippen LogP contribution in [0.15, 0.2) is 30.3 Å². The lowest BCUT2D eigenvalue weighted by atomic mass is 10.0. The Hall–Kier alpha value is -2.59. The molecule has 0 aliphatic carbocycles. The number of carbonyl (C=O) groups is 4. The number of nitrogens with two attached hydrogens (primary N) is 1. The SMILES string of the molecule is CSCCC(NC(=O)C(C)N)C(=O)NC(Cc1ccccc1)C(=O)NC(CC(C)C)C(=O)O. The lowest BCUT2D eigenvalue weighted by Crippen LogP contribution is -2.57. The van der Waals surface area contributed by atoms with Gasteiger partial charge in [0.05, 0.1) is 6.04 Å². The van der Waals surface area contributed by atoms with Gasteiger partial charge in [0.25, 0.3) is 0 Å². The number of hydrogen-bond acceptors (Lipinski definition) is 6. The monoisotopic (exact) mass is 480 g/mol. The van der Waals surface area contributed by atoms with Gasteiger partial charge in [-0.25, -0.2) is 4.79 Å². The average Bonchev–Trinajstić information content (AvgIpc) is 2.75. The third kappa shape index (κ3) is 10.7. The Kier molecular flexibility index (Phi) is 12.5. The van der Waals surface area contributed by atoms with Crippen LogP contribution in [0.25, 0.3) is 0 Å². The van der Waals surface area contributed by atoms with Gasteiger partial charge in [0.15, 0.2) is 0 Å². The molecule has 0 aliphatic rings. The minimum Gasteiger partial charge on any atom is -0.480 e. The first-order valence-electron chi connectivity index (χ1n) is 11.0. The molecule has 0 fully saturated rings. The molecule has 1 aromatic carbocycles. The van der Waals surface area contributed by atoms with Crippen molar-refractivity contribution in [3.05, 3.63) is 35.9 Å². The van der Waals surface area contributed by atoms with Gasteiger partial charge in [-0.3, -0.25) is 14.4 Å². The Bertz CT molecular complexity index is 788. The minimum absolute atomic E-state index is 0.0537. The number of benzene rings is 1. The van der Waals surface area contributed by atoms with E-state index >= 15 is 0 Å². The number of carbonyl (C=O) groups excluding carboxylic acids is 3. The summed E-state index contributed by atoms with van der Waals surface area (Å²) in [5, 5.41) is 17.4. The highest BCUT2D eigenvalue weighted by molar-refractivity contribution is 7.98. The Morgan fingerprint density at radius 3 is 1.97 bits per heavy atom. The lowest BCUT2D eigenvalue weighted by Gasteiger charge is -2.25. The summed E-state index contributed by atoms with van der Waals surface area (Å²) in [7, 11) is 0. The maximum absolute atomic E-state index is 13.0. The van der Waals surface area contributed by atoms with Crippen molar-refractivity contribution in [2.24, 2.45) is 11.7 Å². The van der Waals surface area contributed by atoms with E-state index in [2.05, 4.69) is 16.0 Å². The molecule has 0 heterocycles. The Balaban J connectivity index is 3.07. The zero-order chi connectivity index (χ0) is 25.0. The zero-order valence-corrected chi connectivity index (χ0v) is 20.5. The predicted octanol–water partition coefficient (Wildman–Crippen LogP) is 0.915. The first-order chi connectivity index (χ1) is 15.5. The highest BCUT2D eigenvalue weighted by atomic mass is 32.2. The molecule has 6 N–H and O–H groups in total. The average molecular weight is 481 g/mol. The number of aliphatic carboxylic acids is 1. The summed E-state index contributed by atoms with van der Waals surface area (Å²) in [6, 6.07) is 5.36. The molecule has 0 saturated heterocycles. The van der Waals surface area contributed by atoms with Crippen LogP contribution in [0.1, 0.15) is 39.2 Å². The molecule has 0 saturated carbocycles. The molecule has 4 atom stereocenters. The van der Waals surface area contributed by atoms with Crippen molar-refractivity contribution in [1.29, 1.82) is 0 Å². The second-order valence-corrected chi connectivity index (χ2v) is 9.40. The highest BCUT2D eigenvalue weighted by Gasteiger charge is 2.30. The largest absolute Gasteiger partial charge is 0.480 e. The van der Waals surface area contributed by atoms with Crippen molar-refractivity contribution in [2.75, 3.05) is 12.0 Å². The lowest BCUT2D eigenvalue weighted by molar-refractivity contribution is -0.142. The first-order valence-corrected chi connectivity index (χ1v) is 12.4. The van der Waals surface area contributed by atoms with Gasteiger partial charge in [0.1, 0.15) is 18.1 Å². The molecule has 0 spiro atoms. The molecule has 184 valence electrons. The fourth-order valence-corrected chi connectivity index (χ4v) is 3.58. The van der Waals surface area contributed by atoms with E-state index in [0.717, 1.165) is 5.56 Å². The van der Waals surface area contributed by atoms with Crippen LogP contribution in [0, 0.1) is 5.92 Å². The molecule has 0 aromatic heterocycles. The molecule has 4 unspecified atom stereocenters. The van der Waals surface area contributed by atoms with E-state index in [9.17, 15) is 24.3 Å². The molecule has 9 nitrogen and oxygen atoms in total.